The van der Waals surface area contributed by atoms with E-state index in [9.17, 15) is 9.90 Å². The number of rotatable bonds is 5. The van der Waals surface area contributed by atoms with Gasteiger partial charge in [0.1, 0.15) is 0 Å². The molecule has 0 fully saturated rings. The minimum Gasteiger partial charge on any atom is -0.481 e. The van der Waals surface area contributed by atoms with Crippen LogP contribution in [0.4, 0.5) is 0 Å². The van der Waals surface area contributed by atoms with Gasteiger partial charge in [0.25, 0.3) is 0 Å². The first-order chi connectivity index (χ1) is 15.0. The highest BCUT2D eigenvalue weighted by Gasteiger charge is 2.14. The quantitative estimate of drug-likeness (QED) is 0.291. The maximum Gasteiger partial charge on any atom is 0.307 e. The third-order valence-corrected chi connectivity index (χ3v) is 6.94. The van der Waals surface area contributed by atoms with Gasteiger partial charge in [-0.2, -0.15) is 0 Å². The van der Waals surface area contributed by atoms with Crippen molar-refractivity contribution in [2.75, 3.05) is 0 Å². The van der Waals surface area contributed by atoms with Crippen LogP contribution >= 0.6 is 34.5 Å². The monoisotopic (exact) mass is 465 g/mol. The molecule has 5 aromatic rings. The normalized spacial score (nSPS) is 11.4. The number of hydrogen-bond donors (Lipinski definition) is 1. The zero-order valence-corrected chi connectivity index (χ0v) is 18.6. The highest BCUT2D eigenvalue weighted by Crippen LogP contribution is 2.33. The molecule has 0 bridgehead atoms. The van der Waals surface area contributed by atoms with E-state index in [-0.39, 0.29) is 6.42 Å². The molecular formula is C25H17Cl2NO2S. The number of carboxylic acids is 1. The molecule has 2 heterocycles. The van der Waals surface area contributed by atoms with Crippen LogP contribution in [0, 0.1) is 0 Å². The summed E-state index contributed by atoms with van der Waals surface area (Å²) in [6.45, 7) is 0.639. The van der Waals surface area contributed by atoms with Crippen molar-refractivity contribution >= 4 is 61.5 Å². The molecule has 2 aromatic heterocycles. The lowest BCUT2D eigenvalue weighted by Gasteiger charge is -2.08. The summed E-state index contributed by atoms with van der Waals surface area (Å²) >= 11 is 14.0. The van der Waals surface area contributed by atoms with Gasteiger partial charge in [-0.3, -0.25) is 4.79 Å². The highest BCUT2D eigenvalue weighted by atomic mass is 35.5. The van der Waals surface area contributed by atoms with Crippen molar-refractivity contribution in [2.45, 2.75) is 13.0 Å². The molecule has 6 heteroatoms. The maximum absolute atomic E-state index is 11.4. The molecule has 0 radical (unpaired) electrons. The maximum atomic E-state index is 11.4. The number of aliphatic carboxylic acids is 1. The summed E-state index contributed by atoms with van der Waals surface area (Å²) in [6, 6.07) is 19.8. The molecule has 0 unspecified atom stereocenters. The van der Waals surface area contributed by atoms with Crippen molar-refractivity contribution in [2.24, 2.45) is 0 Å². The van der Waals surface area contributed by atoms with Crippen LogP contribution in [0.2, 0.25) is 10.0 Å². The van der Waals surface area contributed by atoms with Gasteiger partial charge in [-0.15, -0.1) is 11.3 Å². The summed E-state index contributed by atoms with van der Waals surface area (Å²) in [6.07, 6.45) is 1.94. The van der Waals surface area contributed by atoms with Crippen molar-refractivity contribution in [3.8, 4) is 11.1 Å². The number of thiophene rings is 1. The predicted molar refractivity (Wildman–Crippen MR) is 130 cm³/mol. The topological polar surface area (TPSA) is 42.2 Å². The van der Waals surface area contributed by atoms with Gasteiger partial charge in [0.15, 0.2) is 0 Å². The van der Waals surface area contributed by atoms with Crippen molar-refractivity contribution in [3.63, 3.8) is 0 Å². The lowest BCUT2D eigenvalue weighted by Crippen LogP contribution is -2.00. The Morgan fingerprint density at radius 1 is 0.871 bits per heavy atom. The Bertz CT molecular complexity index is 1430. The van der Waals surface area contributed by atoms with Crippen LogP contribution in [0.3, 0.4) is 0 Å². The second-order valence-corrected chi connectivity index (χ2v) is 9.28. The molecule has 31 heavy (non-hydrogen) atoms. The van der Waals surface area contributed by atoms with E-state index in [1.165, 1.54) is 4.70 Å². The minimum atomic E-state index is -0.839. The van der Waals surface area contributed by atoms with E-state index in [0.29, 0.717) is 16.6 Å². The summed E-state index contributed by atoms with van der Waals surface area (Å²) in [5.74, 6) is -0.839. The van der Waals surface area contributed by atoms with Gasteiger partial charge in [-0.1, -0.05) is 47.5 Å². The third-order valence-electron chi connectivity index (χ3n) is 5.44. The summed E-state index contributed by atoms with van der Waals surface area (Å²) in [4.78, 5) is 11.4. The number of carbonyl (C=O) groups is 1. The Labute approximate surface area is 193 Å². The highest BCUT2D eigenvalue weighted by molar-refractivity contribution is 7.17. The molecule has 154 valence electrons. The van der Waals surface area contributed by atoms with Crippen LogP contribution in [0.15, 0.2) is 72.2 Å². The second-order valence-electron chi connectivity index (χ2n) is 7.49. The van der Waals surface area contributed by atoms with E-state index >= 15 is 0 Å². The van der Waals surface area contributed by atoms with Crippen LogP contribution in [0.5, 0.6) is 0 Å². The zero-order chi connectivity index (χ0) is 21.5. The Morgan fingerprint density at radius 2 is 1.61 bits per heavy atom. The molecule has 0 atom stereocenters. The molecule has 0 saturated carbocycles. The van der Waals surface area contributed by atoms with Gasteiger partial charge in [0.2, 0.25) is 0 Å². The Kier molecular flexibility index (Phi) is 5.22. The fraction of sp³-hybridized carbons (Fsp3) is 0.0800. The van der Waals surface area contributed by atoms with Gasteiger partial charge in [-0.05, 0) is 69.4 Å². The van der Waals surface area contributed by atoms with E-state index in [1.54, 1.807) is 11.3 Å². The molecule has 0 saturated heterocycles. The Morgan fingerprint density at radius 3 is 2.39 bits per heavy atom. The largest absolute Gasteiger partial charge is 0.481 e. The van der Waals surface area contributed by atoms with E-state index in [0.717, 1.165) is 38.5 Å². The van der Waals surface area contributed by atoms with Gasteiger partial charge in [-0.25, -0.2) is 0 Å². The van der Waals surface area contributed by atoms with Crippen molar-refractivity contribution < 1.29 is 9.90 Å². The zero-order valence-electron chi connectivity index (χ0n) is 16.3. The summed E-state index contributed by atoms with van der Waals surface area (Å²) < 4.78 is 3.32. The number of halogens is 2. The SMILES string of the molecule is O=C(O)Cc1cn(Cc2csc3ccc(Cl)cc23)c2cc(-c3ccc(Cl)cc3)ccc12. The molecule has 0 aliphatic carbocycles. The van der Waals surface area contributed by atoms with E-state index in [2.05, 4.69) is 16.0 Å². The molecule has 0 spiro atoms. The number of aromatic nitrogens is 1. The third kappa shape index (κ3) is 3.94. The lowest BCUT2D eigenvalue weighted by atomic mass is 10.0. The van der Waals surface area contributed by atoms with Gasteiger partial charge >= 0.3 is 5.97 Å². The van der Waals surface area contributed by atoms with E-state index < -0.39 is 5.97 Å². The molecule has 3 nitrogen and oxygen atoms in total. The van der Waals surface area contributed by atoms with Crippen molar-refractivity contribution in [3.05, 3.63) is 93.4 Å². The number of carboxylic acid groups (broad SMARTS) is 1. The number of benzene rings is 3. The minimum absolute atomic E-state index is 0.0139. The summed E-state index contributed by atoms with van der Waals surface area (Å²) in [5, 5.41) is 15.0. The number of nitrogens with zero attached hydrogens (tertiary/aromatic N) is 1. The Balaban J connectivity index is 1.64. The molecule has 5 rings (SSSR count). The summed E-state index contributed by atoms with van der Waals surface area (Å²) in [5.41, 5.74) is 5.10. The number of hydrogen-bond acceptors (Lipinski definition) is 2. The average Bonchev–Trinajstić information content (AvgIpc) is 3.29. The standard InChI is InChI=1S/C25H17Cl2NO2S/c26-19-4-1-15(2-5-19)16-3-7-21-17(10-25(29)30)12-28(23(21)9-16)13-18-14-31-24-8-6-20(27)11-22(18)24/h1-9,11-12,14H,10,13H2,(H,29,30). The predicted octanol–water partition coefficient (Wildman–Crippen LogP) is 7.51. The van der Waals surface area contributed by atoms with Gasteiger partial charge in [0.05, 0.1) is 6.42 Å². The first-order valence-corrected chi connectivity index (χ1v) is 11.4. The number of fused-ring (bicyclic) bond motifs is 2. The van der Waals surface area contributed by atoms with Crippen LogP contribution in [-0.4, -0.2) is 15.6 Å². The van der Waals surface area contributed by atoms with Crippen molar-refractivity contribution in [1.82, 2.24) is 4.57 Å². The fourth-order valence-corrected chi connectivity index (χ4v) is 5.22. The van der Waals surface area contributed by atoms with Crippen LogP contribution in [0.1, 0.15) is 11.1 Å². The van der Waals surface area contributed by atoms with Crippen LogP contribution in [0.25, 0.3) is 32.1 Å². The molecule has 0 aliphatic heterocycles. The molecular weight excluding hydrogens is 449 g/mol. The molecule has 1 N–H and O–H groups in total. The van der Waals surface area contributed by atoms with E-state index in [1.807, 2.05) is 60.8 Å². The van der Waals surface area contributed by atoms with Crippen LogP contribution < -0.4 is 0 Å². The smallest absolute Gasteiger partial charge is 0.307 e. The molecule has 0 aliphatic rings. The van der Waals surface area contributed by atoms with Gasteiger partial charge < -0.3 is 9.67 Å². The summed E-state index contributed by atoms with van der Waals surface area (Å²) in [7, 11) is 0. The first-order valence-electron chi connectivity index (χ1n) is 9.73. The molecule has 3 aromatic carbocycles. The first kappa shape index (κ1) is 20.1. The Hall–Kier alpha value is -2.79. The fourth-order valence-electron chi connectivity index (χ4n) is 3.98. The van der Waals surface area contributed by atoms with Crippen LogP contribution in [-0.2, 0) is 17.8 Å². The molecule has 0 amide bonds. The van der Waals surface area contributed by atoms with Crippen molar-refractivity contribution in [1.29, 1.82) is 0 Å². The van der Waals surface area contributed by atoms with Gasteiger partial charge in [0, 0.05) is 38.4 Å². The second kappa shape index (κ2) is 8.04. The van der Waals surface area contributed by atoms with E-state index in [4.69, 9.17) is 23.2 Å². The average molecular weight is 466 g/mol. The lowest BCUT2D eigenvalue weighted by molar-refractivity contribution is -0.136.